The Morgan fingerprint density at radius 2 is 1.90 bits per heavy atom. The van der Waals surface area contributed by atoms with Gasteiger partial charge in [-0.05, 0) is 40.8 Å². The topological polar surface area (TPSA) is 80.0 Å². The van der Waals surface area contributed by atoms with Crippen molar-refractivity contribution in [2.24, 2.45) is 0 Å². The first-order valence-corrected chi connectivity index (χ1v) is 10.2. The maximum Gasteiger partial charge on any atom is 0.319 e. The Hall–Kier alpha value is -3.16. The van der Waals surface area contributed by atoms with Crippen LogP contribution >= 0.6 is 22.9 Å². The fraction of sp³-hybridized carbons (Fsp3) is 0.0952. The quantitative estimate of drug-likeness (QED) is 0.436. The van der Waals surface area contributed by atoms with E-state index in [1.165, 1.54) is 0 Å². The van der Waals surface area contributed by atoms with Crippen molar-refractivity contribution in [1.29, 1.82) is 0 Å². The number of nitrogens with one attached hydrogen (secondary N) is 2. The number of halogens is 1. The van der Waals surface area contributed by atoms with Crippen molar-refractivity contribution in [3.05, 3.63) is 88.1 Å². The van der Waals surface area contributed by atoms with Crippen LogP contribution in [0.15, 0.2) is 70.6 Å². The molecule has 4 rings (SSSR count). The van der Waals surface area contributed by atoms with Crippen LogP contribution in [-0.4, -0.2) is 16.2 Å². The fourth-order valence-corrected chi connectivity index (χ4v) is 3.52. The predicted octanol–water partition coefficient (Wildman–Crippen LogP) is 5.36. The molecular formula is C21H17ClN4O2S. The van der Waals surface area contributed by atoms with E-state index in [2.05, 4.69) is 20.8 Å². The highest BCUT2D eigenvalue weighted by Crippen LogP contribution is 2.23. The van der Waals surface area contributed by atoms with E-state index in [1.54, 1.807) is 23.5 Å². The first kappa shape index (κ1) is 19.2. The SMILES string of the molecule is O=C(NCc1ccc(Cl)cc1)Nc1ccccc1Cc1nc(-c2cccs2)no1. The van der Waals surface area contributed by atoms with E-state index in [-0.39, 0.29) is 6.03 Å². The molecule has 4 aromatic rings. The van der Waals surface area contributed by atoms with Gasteiger partial charge in [-0.2, -0.15) is 4.98 Å². The third-order valence-electron chi connectivity index (χ3n) is 4.18. The number of para-hydroxylation sites is 1. The van der Waals surface area contributed by atoms with Gasteiger partial charge in [0, 0.05) is 17.3 Å². The summed E-state index contributed by atoms with van der Waals surface area (Å²) in [5, 5.41) is 12.4. The molecule has 2 amide bonds. The second kappa shape index (κ2) is 8.89. The lowest BCUT2D eigenvalue weighted by atomic mass is 10.1. The zero-order valence-corrected chi connectivity index (χ0v) is 16.8. The number of thiophene rings is 1. The summed E-state index contributed by atoms with van der Waals surface area (Å²) >= 11 is 7.43. The van der Waals surface area contributed by atoms with Gasteiger partial charge in [0.05, 0.1) is 11.3 Å². The summed E-state index contributed by atoms with van der Waals surface area (Å²) in [6.07, 6.45) is 0.423. The normalized spacial score (nSPS) is 10.7. The first-order valence-electron chi connectivity index (χ1n) is 8.91. The molecule has 146 valence electrons. The number of hydrogen-bond donors (Lipinski definition) is 2. The molecule has 8 heteroatoms. The van der Waals surface area contributed by atoms with Crippen molar-refractivity contribution in [3.63, 3.8) is 0 Å². The molecule has 2 heterocycles. The van der Waals surface area contributed by atoms with Gasteiger partial charge < -0.3 is 15.2 Å². The maximum absolute atomic E-state index is 12.3. The van der Waals surface area contributed by atoms with Gasteiger partial charge in [0.1, 0.15) is 0 Å². The molecule has 0 spiro atoms. The number of hydrogen-bond acceptors (Lipinski definition) is 5. The minimum absolute atomic E-state index is 0.294. The Kier molecular flexibility index (Phi) is 5.88. The van der Waals surface area contributed by atoms with Gasteiger partial charge in [0.25, 0.3) is 0 Å². The summed E-state index contributed by atoms with van der Waals surface area (Å²) < 4.78 is 5.37. The smallest absolute Gasteiger partial charge is 0.319 e. The lowest BCUT2D eigenvalue weighted by molar-refractivity contribution is 0.251. The molecule has 0 aliphatic heterocycles. The number of amides is 2. The van der Waals surface area contributed by atoms with Crippen LogP contribution in [0.25, 0.3) is 10.7 Å². The van der Waals surface area contributed by atoms with Crippen LogP contribution < -0.4 is 10.6 Å². The number of aromatic nitrogens is 2. The standard InChI is InChI=1S/C21H17ClN4O2S/c22-16-9-7-14(8-10-16)13-23-21(27)24-17-5-2-1-4-15(17)12-19-25-20(26-28-19)18-6-3-11-29-18/h1-11H,12-13H2,(H2,23,24,27). The van der Waals surface area contributed by atoms with Crippen molar-refractivity contribution < 1.29 is 9.32 Å². The van der Waals surface area contributed by atoms with Crippen LogP contribution in [0.1, 0.15) is 17.0 Å². The molecule has 2 aromatic carbocycles. The Labute approximate surface area is 176 Å². The van der Waals surface area contributed by atoms with Crippen molar-refractivity contribution in [2.45, 2.75) is 13.0 Å². The average Bonchev–Trinajstić information content (AvgIpc) is 3.41. The summed E-state index contributed by atoms with van der Waals surface area (Å²) in [4.78, 5) is 17.7. The van der Waals surface area contributed by atoms with Crippen LogP contribution in [0.3, 0.4) is 0 Å². The lowest BCUT2D eigenvalue weighted by Gasteiger charge is -2.11. The van der Waals surface area contributed by atoms with Gasteiger partial charge in [0.15, 0.2) is 0 Å². The van der Waals surface area contributed by atoms with Gasteiger partial charge in [0.2, 0.25) is 11.7 Å². The molecule has 0 saturated carbocycles. The first-order chi connectivity index (χ1) is 14.2. The number of benzene rings is 2. The van der Waals surface area contributed by atoms with Crippen LogP contribution in [0.5, 0.6) is 0 Å². The van der Waals surface area contributed by atoms with Gasteiger partial charge in [-0.3, -0.25) is 0 Å². The number of urea groups is 1. The van der Waals surface area contributed by atoms with Crippen molar-refractivity contribution in [3.8, 4) is 10.7 Å². The molecule has 2 N–H and O–H groups in total. The lowest BCUT2D eigenvalue weighted by Crippen LogP contribution is -2.28. The highest BCUT2D eigenvalue weighted by molar-refractivity contribution is 7.13. The largest absolute Gasteiger partial charge is 0.339 e. The molecule has 0 atom stereocenters. The second-order valence-electron chi connectivity index (χ2n) is 6.26. The molecule has 0 aliphatic carbocycles. The van der Waals surface area contributed by atoms with Crippen molar-refractivity contribution >= 4 is 34.7 Å². The summed E-state index contributed by atoms with van der Waals surface area (Å²) in [5.41, 5.74) is 2.54. The van der Waals surface area contributed by atoms with Gasteiger partial charge in [-0.15, -0.1) is 11.3 Å². The van der Waals surface area contributed by atoms with E-state index in [4.69, 9.17) is 16.1 Å². The van der Waals surface area contributed by atoms with E-state index >= 15 is 0 Å². The Morgan fingerprint density at radius 3 is 2.69 bits per heavy atom. The van der Waals surface area contributed by atoms with E-state index < -0.39 is 0 Å². The van der Waals surface area contributed by atoms with Gasteiger partial charge in [-0.1, -0.05) is 53.2 Å². The molecule has 2 aromatic heterocycles. The number of rotatable bonds is 6. The minimum Gasteiger partial charge on any atom is -0.339 e. The maximum atomic E-state index is 12.3. The van der Waals surface area contributed by atoms with Crippen LogP contribution in [-0.2, 0) is 13.0 Å². The van der Waals surface area contributed by atoms with Crippen LogP contribution in [0, 0.1) is 0 Å². The summed E-state index contributed by atoms with van der Waals surface area (Å²) in [6.45, 7) is 0.402. The molecule has 0 fully saturated rings. The molecular weight excluding hydrogens is 408 g/mol. The minimum atomic E-state index is -0.294. The van der Waals surface area contributed by atoms with E-state index in [9.17, 15) is 4.79 Å². The van der Waals surface area contributed by atoms with Crippen molar-refractivity contribution in [2.75, 3.05) is 5.32 Å². The number of nitrogens with zero attached hydrogens (tertiary/aromatic N) is 2. The van der Waals surface area contributed by atoms with Crippen molar-refractivity contribution in [1.82, 2.24) is 15.5 Å². The van der Waals surface area contributed by atoms with Crippen LogP contribution in [0.2, 0.25) is 5.02 Å². The van der Waals surface area contributed by atoms with Gasteiger partial charge >= 0.3 is 6.03 Å². The fourth-order valence-electron chi connectivity index (χ4n) is 2.74. The third kappa shape index (κ3) is 5.01. The monoisotopic (exact) mass is 424 g/mol. The van der Waals surface area contributed by atoms with Crippen LogP contribution in [0.4, 0.5) is 10.5 Å². The molecule has 0 radical (unpaired) electrons. The summed E-state index contributed by atoms with van der Waals surface area (Å²) in [7, 11) is 0. The molecule has 6 nitrogen and oxygen atoms in total. The zero-order chi connectivity index (χ0) is 20.1. The molecule has 0 aliphatic rings. The highest BCUT2D eigenvalue weighted by atomic mass is 35.5. The Bertz CT molecular complexity index is 1090. The highest BCUT2D eigenvalue weighted by Gasteiger charge is 2.13. The second-order valence-corrected chi connectivity index (χ2v) is 7.64. The number of carbonyl (C=O) groups excluding carboxylic acids is 1. The summed E-state index contributed by atoms with van der Waals surface area (Å²) in [6, 6.07) is 18.5. The van der Waals surface area contributed by atoms with Gasteiger partial charge in [-0.25, -0.2) is 4.79 Å². The molecule has 0 bridgehead atoms. The third-order valence-corrected chi connectivity index (χ3v) is 5.30. The van der Waals surface area contributed by atoms with E-state index in [0.717, 1.165) is 16.0 Å². The summed E-state index contributed by atoms with van der Waals surface area (Å²) in [5.74, 6) is 1.06. The number of carbonyl (C=O) groups is 1. The Balaban J connectivity index is 1.40. The predicted molar refractivity (Wildman–Crippen MR) is 114 cm³/mol. The average molecular weight is 425 g/mol. The molecule has 0 saturated heterocycles. The number of anilines is 1. The van der Waals surface area contributed by atoms with E-state index in [1.807, 2.05) is 53.9 Å². The zero-order valence-electron chi connectivity index (χ0n) is 15.3. The Morgan fingerprint density at radius 1 is 1.07 bits per heavy atom. The molecule has 0 unspecified atom stereocenters. The molecule has 29 heavy (non-hydrogen) atoms. The van der Waals surface area contributed by atoms with E-state index in [0.29, 0.717) is 35.4 Å².